The minimum absolute atomic E-state index is 0.0160. The van der Waals surface area contributed by atoms with Crippen molar-refractivity contribution in [3.8, 4) is 0 Å². The summed E-state index contributed by atoms with van der Waals surface area (Å²) >= 11 is 24.7. The van der Waals surface area contributed by atoms with Gasteiger partial charge < -0.3 is 0 Å². The number of Topliss-reactive ketones (excluding diaryl/α,β-unsaturated/α-hetero) is 2. The Morgan fingerprint density at radius 2 is 1.36 bits per heavy atom. The number of ketones is 2. The average Bonchev–Trinajstić information content (AvgIpc) is 3.08. The molecule has 0 atom stereocenters. The lowest BCUT2D eigenvalue weighted by Crippen LogP contribution is -2.14. The van der Waals surface area contributed by atoms with Gasteiger partial charge in [-0.15, -0.1) is 0 Å². The van der Waals surface area contributed by atoms with Crippen LogP contribution in [0.1, 0.15) is 83.3 Å². The molecule has 0 N–H and O–H groups in total. The number of halogens is 4. The summed E-state index contributed by atoms with van der Waals surface area (Å²) in [5.41, 5.74) is 2.38. The van der Waals surface area contributed by atoms with E-state index in [1.807, 2.05) is 12.1 Å². The van der Waals surface area contributed by atoms with Crippen molar-refractivity contribution < 1.29 is 9.59 Å². The van der Waals surface area contributed by atoms with E-state index in [4.69, 9.17) is 46.4 Å². The number of unbranched alkanes of at least 4 members (excludes halogenated alkanes) is 5. The first-order chi connectivity index (χ1) is 15.8. The molecule has 1 aliphatic carbocycles. The number of pyridine rings is 1. The number of benzene rings is 2. The van der Waals surface area contributed by atoms with E-state index < -0.39 is 17.5 Å². The number of hydrogen-bond acceptors (Lipinski definition) is 3. The van der Waals surface area contributed by atoms with Gasteiger partial charge in [0, 0.05) is 5.39 Å². The number of fused-ring (bicyclic) bond motifs is 2. The maximum absolute atomic E-state index is 13.1. The fourth-order valence-electron chi connectivity index (χ4n) is 4.39. The van der Waals surface area contributed by atoms with Gasteiger partial charge in [0.2, 0.25) is 0 Å². The molecule has 0 amide bonds. The first-order valence-electron chi connectivity index (χ1n) is 11.2. The Morgan fingerprint density at radius 3 is 2.00 bits per heavy atom. The van der Waals surface area contributed by atoms with Gasteiger partial charge in [-0.1, -0.05) is 97.6 Å². The minimum atomic E-state index is -1.11. The monoisotopic (exact) mass is 521 g/mol. The summed E-state index contributed by atoms with van der Waals surface area (Å²) < 4.78 is 0. The zero-order chi connectivity index (χ0) is 23.7. The van der Waals surface area contributed by atoms with Gasteiger partial charge in [-0.2, -0.15) is 0 Å². The van der Waals surface area contributed by atoms with Gasteiger partial charge >= 0.3 is 0 Å². The second kappa shape index (κ2) is 10.3. The predicted molar refractivity (Wildman–Crippen MR) is 137 cm³/mol. The summed E-state index contributed by atoms with van der Waals surface area (Å²) in [6.45, 7) is 2.22. The lowest BCUT2D eigenvalue weighted by atomic mass is 9.97. The van der Waals surface area contributed by atoms with Crippen LogP contribution in [0.4, 0.5) is 0 Å². The van der Waals surface area contributed by atoms with Crippen LogP contribution >= 0.6 is 46.4 Å². The van der Waals surface area contributed by atoms with E-state index in [2.05, 4.69) is 24.0 Å². The van der Waals surface area contributed by atoms with Crippen LogP contribution in [0, 0.1) is 0 Å². The van der Waals surface area contributed by atoms with Gasteiger partial charge in [-0.3, -0.25) is 14.6 Å². The predicted octanol–water partition coefficient (Wildman–Crippen LogP) is 8.91. The maximum Gasteiger partial charge on any atom is 0.182 e. The second-order valence-corrected chi connectivity index (χ2v) is 9.96. The molecule has 0 radical (unpaired) electrons. The number of hydrogen-bond donors (Lipinski definition) is 0. The zero-order valence-electron chi connectivity index (χ0n) is 18.2. The highest BCUT2D eigenvalue weighted by Gasteiger charge is 2.45. The molecule has 0 fully saturated rings. The Morgan fingerprint density at radius 1 is 0.758 bits per heavy atom. The van der Waals surface area contributed by atoms with E-state index in [1.54, 1.807) is 6.07 Å². The number of rotatable bonds is 8. The highest BCUT2D eigenvalue weighted by molar-refractivity contribution is 6.55. The molecule has 7 heteroatoms. The zero-order valence-corrected chi connectivity index (χ0v) is 21.2. The molecule has 0 bridgehead atoms. The molecular weight excluding hydrogens is 500 g/mol. The standard InChI is InChI=1S/C26H23Cl4NO2/c1-2-3-4-5-6-7-8-14-9-11-16-15(13-14)10-12-17(31-16)18-25(32)19-20(26(18)33)22(28)24(30)23(29)21(19)27/h9-13,18H,2-8H2,1H3. The quantitative estimate of drug-likeness (QED) is 0.128. The third-order valence-electron chi connectivity index (χ3n) is 6.17. The van der Waals surface area contributed by atoms with E-state index in [1.165, 1.54) is 37.7 Å². The highest BCUT2D eigenvalue weighted by Crippen LogP contribution is 2.47. The molecule has 4 rings (SSSR count). The fraction of sp³-hybridized carbons (Fsp3) is 0.346. The Labute approximate surface area is 213 Å². The van der Waals surface area contributed by atoms with Crippen molar-refractivity contribution in [1.82, 2.24) is 4.98 Å². The van der Waals surface area contributed by atoms with Crippen LogP contribution in [0.2, 0.25) is 20.1 Å². The molecular formula is C26H23Cl4NO2. The summed E-state index contributed by atoms with van der Waals surface area (Å²) in [5, 5.41) is 0.797. The molecule has 172 valence electrons. The van der Waals surface area contributed by atoms with Crippen molar-refractivity contribution in [2.45, 2.75) is 57.8 Å². The summed E-state index contributed by atoms with van der Waals surface area (Å²) in [6.07, 6.45) is 8.57. The van der Waals surface area contributed by atoms with Crippen LogP contribution in [-0.2, 0) is 6.42 Å². The molecule has 0 saturated carbocycles. The Balaban J connectivity index is 1.57. The van der Waals surface area contributed by atoms with Crippen LogP contribution in [0.3, 0.4) is 0 Å². The highest BCUT2D eigenvalue weighted by atomic mass is 35.5. The van der Waals surface area contributed by atoms with Gasteiger partial charge in [0.05, 0.1) is 42.4 Å². The number of carbonyl (C=O) groups excluding carboxylic acids is 2. The normalized spacial score (nSPS) is 13.8. The van der Waals surface area contributed by atoms with Crippen molar-refractivity contribution in [2.24, 2.45) is 0 Å². The molecule has 0 saturated heterocycles. The SMILES string of the molecule is CCCCCCCCc1ccc2nc(C3C(=O)c4c(Cl)c(Cl)c(Cl)c(Cl)c4C3=O)ccc2c1. The molecule has 0 aliphatic heterocycles. The third kappa shape index (κ3) is 4.66. The van der Waals surface area contributed by atoms with Crippen molar-refractivity contribution in [3.63, 3.8) is 0 Å². The molecule has 2 aromatic carbocycles. The van der Waals surface area contributed by atoms with Crippen molar-refractivity contribution in [3.05, 3.63) is 72.8 Å². The van der Waals surface area contributed by atoms with Crippen molar-refractivity contribution in [1.29, 1.82) is 0 Å². The number of carbonyl (C=O) groups is 2. The molecule has 1 heterocycles. The van der Waals surface area contributed by atoms with Crippen LogP contribution in [0.5, 0.6) is 0 Å². The maximum atomic E-state index is 13.1. The summed E-state index contributed by atoms with van der Waals surface area (Å²) in [6, 6.07) is 9.74. The molecule has 33 heavy (non-hydrogen) atoms. The summed E-state index contributed by atoms with van der Waals surface area (Å²) in [4.78, 5) is 30.9. The Bertz CT molecular complexity index is 1210. The minimum Gasteiger partial charge on any atom is -0.293 e. The van der Waals surface area contributed by atoms with E-state index in [0.29, 0.717) is 5.69 Å². The average molecular weight is 523 g/mol. The summed E-state index contributed by atoms with van der Waals surface area (Å²) in [7, 11) is 0. The van der Waals surface area contributed by atoms with Gasteiger partial charge in [0.25, 0.3) is 0 Å². The first kappa shape index (κ1) is 24.5. The molecule has 0 spiro atoms. The Kier molecular flexibility index (Phi) is 7.65. The number of aromatic nitrogens is 1. The molecule has 3 aromatic rings. The molecule has 1 aliphatic rings. The fourth-order valence-corrected chi connectivity index (χ4v) is 5.43. The van der Waals surface area contributed by atoms with Crippen LogP contribution in [0.15, 0.2) is 30.3 Å². The number of aryl methyl sites for hydroxylation is 1. The molecule has 1 aromatic heterocycles. The smallest absolute Gasteiger partial charge is 0.182 e. The van der Waals surface area contributed by atoms with E-state index in [0.717, 1.165) is 23.7 Å². The van der Waals surface area contributed by atoms with Crippen molar-refractivity contribution >= 4 is 68.9 Å². The van der Waals surface area contributed by atoms with E-state index in [-0.39, 0.29) is 31.2 Å². The van der Waals surface area contributed by atoms with Gasteiger partial charge in [0.1, 0.15) is 5.92 Å². The van der Waals surface area contributed by atoms with Crippen LogP contribution in [-0.4, -0.2) is 16.6 Å². The van der Waals surface area contributed by atoms with Crippen molar-refractivity contribution in [2.75, 3.05) is 0 Å². The first-order valence-corrected chi connectivity index (χ1v) is 12.7. The molecule has 0 unspecified atom stereocenters. The van der Waals surface area contributed by atoms with Gasteiger partial charge in [-0.05, 0) is 36.6 Å². The topological polar surface area (TPSA) is 47.0 Å². The third-order valence-corrected chi connectivity index (χ3v) is 7.98. The van der Waals surface area contributed by atoms with Gasteiger partial charge in [-0.25, -0.2) is 0 Å². The lowest BCUT2D eigenvalue weighted by molar-refractivity contribution is 0.0888. The largest absolute Gasteiger partial charge is 0.293 e. The molecule has 3 nitrogen and oxygen atoms in total. The van der Waals surface area contributed by atoms with E-state index in [9.17, 15) is 9.59 Å². The van der Waals surface area contributed by atoms with Crippen LogP contribution in [0.25, 0.3) is 10.9 Å². The van der Waals surface area contributed by atoms with Gasteiger partial charge in [0.15, 0.2) is 11.6 Å². The number of nitrogens with zero attached hydrogens (tertiary/aromatic N) is 1. The second-order valence-electron chi connectivity index (χ2n) is 8.45. The van der Waals surface area contributed by atoms with E-state index >= 15 is 0 Å². The summed E-state index contributed by atoms with van der Waals surface area (Å²) in [5.74, 6) is -2.05. The lowest BCUT2D eigenvalue weighted by Gasteiger charge is -2.09. The Hall–Kier alpha value is -1.65. The van der Waals surface area contributed by atoms with Crippen LogP contribution < -0.4 is 0 Å².